The average Bonchev–Trinajstić information content (AvgIpc) is 1.68. The van der Waals surface area contributed by atoms with Crippen molar-refractivity contribution in [2.75, 3.05) is 7.11 Å². The number of hydrogen-bond acceptors (Lipinski definition) is 13. The Labute approximate surface area is 767 Å². The molecule has 131 heavy (non-hydrogen) atoms. The molecule has 0 fully saturated rings. The molecule has 0 saturated heterocycles. The zero-order chi connectivity index (χ0) is 89.5. The van der Waals surface area contributed by atoms with E-state index in [0.29, 0.717) is 6.42 Å². The predicted molar refractivity (Wildman–Crippen MR) is 518 cm³/mol. The van der Waals surface area contributed by atoms with E-state index in [9.17, 15) is 0 Å². The second kappa shape index (κ2) is 43.5. The number of nitrogens with one attached hydrogen (secondary N) is 7. The zero-order valence-electron chi connectivity index (χ0n) is 75.2. The number of aromatic nitrogens is 24. The molecule has 0 spiro atoms. The number of hydrogen-bond donors (Lipinski definition) is 7. The molecule has 8 aromatic carbocycles. The van der Waals surface area contributed by atoms with Gasteiger partial charge >= 0.3 is 0 Å². The first-order chi connectivity index (χ1) is 64.4. The highest BCUT2D eigenvalue weighted by Crippen LogP contribution is 2.29. The fourth-order valence-corrected chi connectivity index (χ4v) is 18.2. The molecule has 0 aliphatic rings. The number of methoxy groups -OCH3 is 1. The van der Waals surface area contributed by atoms with Gasteiger partial charge in [0.25, 0.3) is 0 Å². The minimum Gasteiger partial charge on any atom is -0.497 e. The van der Waals surface area contributed by atoms with Gasteiger partial charge in [0, 0.05) is 206 Å². The van der Waals surface area contributed by atoms with E-state index in [4.69, 9.17) is 16.3 Å². The number of halogens is 1. The summed E-state index contributed by atoms with van der Waals surface area (Å²) in [4.78, 5) is 39.4. The summed E-state index contributed by atoms with van der Waals surface area (Å²) in [6.07, 6.45) is 41.1. The summed E-state index contributed by atoms with van der Waals surface area (Å²) in [5, 5.41) is 42.8. The Hall–Kier alpha value is -14.6. The first-order valence-corrected chi connectivity index (χ1v) is 46.0. The summed E-state index contributed by atoms with van der Waals surface area (Å²) < 4.78 is 16.9. The highest BCUT2D eigenvalue weighted by Gasteiger charge is 2.21. The molecule has 0 radical (unpaired) electrons. The number of fused-ring (bicyclic) bond motifs is 4. The van der Waals surface area contributed by atoms with Crippen molar-refractivity contribution in [3.05, 3.63) is 399 Å². The normalized spacial score (nSPS) is 11.4. The number of ether oxygens (including phenoxy) is 1. The highest BCUT2D eigenvalue weighted by atomic mass is 35.5. The minimum absolute atomic E-state index is 0.714. The van der Waals surface area contributed by atoms with Crippen LogP contribution in [-0.4, -0.2) is 126 Å². The number of aryl methyl sites for hydroxylation is 16. The molecule has 0 bridgehead atoms. The van der Waals surface area contributed by atoms with E-state index < -0.39 is 0 Å². The van der Waals surface area contributed by atoms with Crippen molar-refractivity contribution in [1.29, 1.82) is 0 Å². The fraction of sp³-hybridized carbons (Fsp3) is 0.276. The third-order valence-corrected chi connectivity index (χ3v) is 24.7. The summed E-state index contributed by atoms with van der Waals surface area (Å²) >= 11 is 6.30. The van der Waals surface area contributed by atoms with Crippen LogP contribution >= 0.6 is 11.6 Å². The largest absolute Gasteiger partial charge is 0.497 e. The first-order valence-electron chi connectivity index (χ1n) is 45.6. The lowest BCUT2D eigenvalue weighted by molar-refractivity contribution is 0.414. The van der Waals surface area contributed by atoms with Crippen molar-refractivity contribution in [2.45, 2.75) is 175 Å². The second-order valence-corrected chi connectivity index (χ2v) is 34.4. The summed E-state index contributed by atoms with van der Waals surface area (Å²) in [6.45, 7) is 9.86. The Bertz CT molecular complexity index is 6910. The van der Waals surface area contributed by atoms with E-state index in [-0.39, 0.29) is 0 Å². The maximum Gasteiger partial charge on any atom is 0.137 e. The van der Waals surface area contributed by atoms with Gasteiger partial charge in [0.1, 0.15) is 52.3 Å². The van der Waals surface area contributed by atoms with Gasteiger partial charge in [-0.2, -0.15) is 0 Å². The smallest absolute Gasteiger partial charge is 0.137 e. The molecular formula is C105H113ClN24O. The van der Waals surface area contributed by atoms with Crippen molar-refractivity contribution in [3.8, 4) is 5.75 Å². The number of benzene rings is 8. The Morgan fingerprint density at radius 3 is 1.01 bits per heavy atom. The molecule has 0 atom stereocenters. The average molecular weight is 1760 g/mol. The SMILES string of the molecule is COc1cccc(Cc2nnc(CCc3c[nH]c4ccccc34)n2CCCc2cnc[nH]2)c1.Cc1cc(Cl)cc(Cc2nnc(CCc3c[nH]c4ccccc34)n2CCCc2cnc[nH]2)c1.Cc1cccc(Cc2nnc(CCc3c[nH]c4ccccc34)n2CCCc2cnc[nH]2)c1.Cc1cccc(Cc2nnc(CCc3cn(C)c4ccccc34)n2CCCc2cnc[nH]2)c1. The van der Waals surface area contributed by atoms with Crippen molar-refractivity contribution >= 4 is 55.2 Å². The van der Waals surface area contributed by atoms with Crippen LogP contribution < -0.4 is 4.74 Å². The molecule has 0 amide bonds. The van der Waals surface area contributed by atoms with E-state index in [1.165, 1.54) is 105 Å². The molecule has 25 nitrogen and oxygen atoms in total. The molecule has 20 rings (SSSR count). The summed E-state index contributed by atoms with van der Waals surface area (Å²) in [6, 6.07) is 65.5. The number of H-pyrrole nitrogens is 7. The molecule has 0 aliphatic heterocycles. The van der Waals surface area contributed by atoms with Crippen LogP contribution in [0.2, 0.25) is 5.02 Å². The van der Waals surface area contributed by atoms with Gasteiger partial charge in [0.2, 0.25) is 0 Å². The van der Waals surface area contributed by atoms with E-state index in [0.717, 1.165) is 228 Å². The molecule has 666 valence electrons. The lowest BCUT2D eigenvalue weighted by atomic mass is 10.1. The van der Waals surface area contributed by atoms with Gasteiger partial charge in [0.05, 0.1) is 32.4 Å². The molecule has 26 heteroatoms. The Balaban J connectivity index is 0.000000122. The monoisotopic (exact) mass is 1760 g/mol. The molecular weight excluding hydrogens is 1650 g/mol. The van der Waals surface area contributed by atoms with Crippen LogP contribution in [-0.2, 0) is 136 Å². The van der Waals surface area contributed by atoms with Gasteiger partial charge in [-0.3, -0.25) is 0 Å². The maximum atomic E-state index is 6.30. The Morgan fingerprint density at radius 2 is 0.641 bits per heavy atom. The predicted octanol–water partition coefficient (Wildman–Crippen LogP) is 19.6. The van der Waals surface area contributed by atoms with Crippen molar-refractivity contribution in [1.82, 2.24) is 118 Å². The van der Waals surface area contributed by atoms with E-state index >= 15 is 0 Å². The number of para-hydroxylation sites is 4. The van der Waals surface area contributed by atoms with Crippen LogP contribution in [0.15, 0.2) is 263 Å². The third kappa shape index (κ3) is 23.3. The van der Waals surface area contributed by atoms with Gasteiger partial charge < -0.3 is 62.5 Å². The van der Waals surface area contributed by atoms with Gasteiger partial charge in [0.15, 0.2) is 0 Å². The van der Waals surface area contributed by atoms with Crippen LogP contribution in [0, 0.1) is 20.8 Å². The van der Waals surface area contributed by atoms with Gasteiger partial charge in [-0.15, -0.1) is 40.8 Å². The van der Waals surface area contributed by atoms with E-state index in [1.54, 1.807) is 32.4 Å². The van der Waals surface area contributed by atoms with E-state index in [2.05, 4.69) is 335 Å². The highest BCUT2D eigenvalue weighted by molar-refractivity contribution is 6.30. The van der Waals surface area contributed by atoms with Gasteiger partial charge in [-0.1, -0.05) is 162 Å². The van der Waals surface area contributed by atoms with Gasteiger partial charge in [-0.25, -0.2) is 19.9 Å². The lowest BCUT2D eigenvalue weighted by Gasteiger charge is -2.11. The van der Waals surface area contributed by atoms with E-state index in [1.807, 2.05) is 49.1 Å². The summed E-state index contributed by atoms with van der Waals surface area (Å²) in [7, 11) is 3.81. The number of aromatic amines is 7. The Morgan fingerprint density at radius 1 is 0.305 bits per heavy atom. The van der Waals surface area contributed by atoms with Crippen LogP contribution in [0.3, 0.4) is 0 Å². The van der Waals surface area contributed by atoms with Crippen LogP contribution in [0.1, 0.15) is 156 Å². The number of rotatable bonds is 37. The Kier molecular flexibility index (Phi) is 29.3. The topological polar surface area (TPSA) is 299 Å². The molecule has 12 aromatic heterocycles. The molecule has 0 aliphatic carbocycles. The molecule has 12 heterocycles. The second-order valence-electron chi connectivity index (χ2n) is 34.0. The molecule has 7 N–H and O–H groups in total. The van der Waals surface area contributed by atoms with Crippen molar-refractivity contribution in [3.63, 3.8) is 0 Å². The minimum atomic E-state index is 0.714. The van der Waals surface area contributed by atoms with Crippen LogP contribution in [0.4, 0.5) is 0 Å². The quantitative estimate of drug-likeness (QED) is 0.0191. The molecule has 0 unspecified atom stereocenters. The zero-order valence-corrected chi connectivity index (χ0v) is 75.9. The first kappa shape index (κ1) is 88.4. The standard InChI is InChI=1S/C27H30N6.C26H27ClN6.C26H28N6O.C26H28N6/c1-20-7-5-8-21(15-20)16-27-31-30-26(33(27)14-6-9-23-17-28-19-29-23)13-12-22-18-32(2)25-11-4-3-10-24(22)25;1-18-11-19(13-21(27)12-18)14-26-32-31-25(33(26)10-4-5-22-16-28-17-30-22)9-8-20-15-29-24-7-3-2-6-23(20)24;1-33-22-8-4-6-19(14-22)15-26-31-30-25(32(26)13-5-7-21-17-27-18-29-21)12-11-20-16-28-24-10-3-2-9-23(20)24;1-19-6-4-7-20(14-19)15-26-31-30-25(32(26)13-5-8-22-17-27-18-29-22)12-11-21-16-28-24-10-3-2-9-23(21)24/h3-5,7-8,10-11,15,17-19H,6,9,12-14,16H2,1-2H3,(H,28,29);2-3,6-7,11-13,15-17,29H,4-5,8-10,14H2,1H3,(H,28,30);2-4,6,8-10,14,16-18,28H,5,7,11-13,15H2,1H3,(H,27,29);2-4,6-7,9-10,14,16-18,28H,5,8,11-13,15H2,1H3,(H,27,29). The summed E-state index contributed by atoms with van der Waals surface area (Å²) in [5.74, 6) is 9.08. The van der Waals surface area contributed by atoms with Crippen LogP contribution in [0.25, 0.3) is 43.6 Å². The number of nitrogens with zero attached hydrogens (tertiary/aromatic N) is 17. The lowest BCUT2D eigenvalue weighted by Crippen LogP contribution is -2.10. The van der Waals surface area contributed by atoms with Gasteiger partial charge in [-0.05, 0) is 196 Å². The molecule has 20 aromatic rings. The maximum absolute atomic E-state index is 6.30. The fourth-order valence-electron chi connectivity index (χ4n) is 17.9. The summed E-state index contributed by atoms with van der Waals surface area (Å²) in [5.41, 5.74) is 23.3. The van der Waals surface area contributed by atoms with Crippen LogP contribution in [0.5, 0.6) is 5.75 Å². The van der Waals surface area contributed by atoms with Crippen molar-refractivity contribution in [2.24, 2.45) is 7.05 Å². The number of imidazole rings is 4. The van der Waals surface area contributed by atoms with Crippen molar-refractivity contribution < 1.29 is 4.74 Å². The molecule has 0 saturated carbocycles. The third-order valence-electron chi connectivity index (χ3n) is 24.5.